The zero-order valence-electron chi connectivity index (χ0n) is 17.2. The van der Waals surface area contributed by atoms with Crippen LogP contribution in [0.25, 0.3) is 0 Å². The number of hydrogen-bond donors (Lipinski definition) is 0. The monoisotopic (exact) mass is 582 g/mol. The molecule has 0 aliphatic rings. The van der Waals surface area contributed by atoms with E-state index in [1.165, 1.54) is 19.1 Å². The molecule has 0 spiro atoms. The van der Waals surface area contributed by atoms with Crippen molar-refractivity contribution in [1.82, 2.24) is 0 Å². The fourth-order valence-corrected chi connectivity index (χ4v) is 3.33. The van der Waals surface area contributed by atoms with Gasteiger partial charge in [-0.25, -0.2) is 0 Å². The third-order valence-electron chi connectivity index (χ3n) is 4.58. The minimum atomic E-state index is -8.36. The zero-order chi connectivity index (χ0) is 28.8. The van der Waals surface area contributed by atoms with Crippen molar-refractivity contribution >= 4 is 10.1 Å². The summed E-state index contributed by atoms with van der Waals surface area (Å²) in [5.41, 5.74) is 0.548. The van der Waals surface area contributed by atoms with Gasteiger partial charge in [0, 0.05) is 6.42 Å². The van der Waals surface area contributed by atoms with E-state index in [2.05, 4.69) is 4.18 Å². The van der Waals surface area contributed by atoms with Gasteiger partial charge in [0.2, 0.25) is 0 Å². The molecule has 0 aliphatic carbocycles. The molecule has 0 unspecified atom stereocenters. The maximum atomic E-state index is 13.7. The molecule has 3 nitrogen and oxygen atoms in total. The van der Waals surface area contributed by atoms with E-state index in [1.54, 1.807) is 0 Å². The van der Waals surface area contributed by atoms with E-state index in [0.29, 0.717) is 5.56 Å². The second-order valence-electron chi connectivity index (χ2n) is 7.27. The first-order chi connectivity index (χ1) is 15.7. The molecule has 0 heterocycles. The van der Waals surface area contributed by atoms with Crippen molar-refractivity contribution in [3.63, 3.8) is 0 Å². The van der Waals surface area contributed by atoms with Crippen molar-refractivity contribution in [2.75, 3.05) is 6.61 Å². The fraction of sp³-hybridized carbons (Fsp3) is 0.647. The van der Waals surface area contributed by atoms with E-state index in [0.717, 1.165) is 12.1 Å². The zero-order valence-corrected chi connectivity index (χ0v) is 18.0. The second-order valence-corrected chi connectivity index (χ2v) is 8.88. The van der Waals surface area contributed by atoms with Gasteiger partial charge >= 0.3 is 41.7 Å². The average Bonchev–Trinajstić information content (AvgIpc) is 2.70. The van der Waals surface area contributed by atoms with E-state index >= 15 is 0 Å². The summed E-state index contributed by atoms with van der Waals surface area (Å²) in [5, 5.41) is 0. The van der Waals surface area contributed by atoms with Crippen LogP contribution in [0.15, 0.2) is 29.2 Å². The van der Waals surface area contributed by atoms with Crippen molar-refractivity contribution in [2.45, 2.75) is 66.4 Å². The first-order valence-electron chi connectivity index (χ1n) is 9.00. The van der Waals surface area contributed by atoms with Crippen LogP contribution < -0.4 is 0 Å². The van der Waals surface area contributed by atoms with Gasteiger partial charge in [0.1, 0.15) is 0 Å². The number of rotatable bonds is 11. The van der Waals surface area contributed by atoms with Crippen LogP contribution in [0.2, 0.25) is 0 Å². The third kappa shape index (κ3) is 5.22. The topological polar surface area (TPSA) is 43.4 Å². The van der Waals surface area contributed by atoms with Gasteiger partial charge < -0.3 is 0 Å². The minimum absolute atomic E-state index is 0.548. The van der Waals surface area contributed by atoms with E-state index in [4.69, 9.17) is 0 Å². The lowest BCUT2D eigenvalue weighted by Gasteiger charge is -2.41. The summed E-state index contributed by atoms with van der Waals surface area (Å²) in [6.07, 6.45) is -12.0. The summed E-state index contributed by atoms with van der Waals surface area (Å²) < 4.78 is 224. The van der Waals surface area contributed by atoms with Crippen LogP contribution >= 0.6 is 0 Å². The van der Waals surface area contributed by atoms with E-state index in [9.17, 15) is 74.3 Å². The SMILES string of the molecule is Cc1ccc(S(=O)(=O)OCCCC(F)(F)C(F)(F)C(F)(F)C(F)(F)C(F)(F)C(F)(F)C(F)(F)F)cc1. The smallest absolute Gasteiger partial charge is 0.266 e. The van der Waals surface area contributed by atoms with Crippen LogP contribution in [-0.2, 0) is 14.3 Å². The molecule has 0 N–H and O–H groups in total. The molecule has 0 saturated heterocycles. The van der Waals surface area contributed by atoms with Crippen molar-refractivity contribution in [3.8, 4) is 0 Å². The van der Waals surface area contributed by atoms with Crippen molar-refractivity contribution in [2.24, 2.45) is 0 Å². The van der Waals surface area contributed by atoms with Crippen LogP contribution in [0.1, 0.15) is 18.4 Å². The Kier molecular flexibility index (Phi) is 8.41. The van der Waals surface area contributed by atoms with Crippen LogP contribution in [-0.4, -0.2) is 56.7 Å². The van der Waals surface area contributed by atoms with Gasteiger partial charge in [0.05, 0.1) is 11.5 Å². The maximum absolute atomic E-state index is 13.7. The maximum Gasteiger partial charge on any atom is 0.460 e. The Balaban J connectivity index is 3.12. The highest BCUT2D eigenvalue weighted by atomic mass is 32.2. The van der Waals surface area contributed by atoms with Gasteiger partial charge in [-0.1, -0.05) is 17.7 Å². The van der Waals surface area contributed by atoms with E-state index in [1.807, 2.05) is 0 Å². The molecule has 0 radical (unpaired) electrons. The largest absolute Gasteiger partial charge is 0.460 e. The molecule has 0 saturated carbocycles. The normalized spacial score (nSPS) is 15.3. The highest BCUT2D eigenvalue weighted by molar-refractivity contribution is 7.86. The minimum Gasteiger partial charge on any atom is -0.266 e. The standard InChI is InChI=1S/C17H13F15O3S/c1-9-3-5-10(6-4-9)36(33,34)35-8-2-7-11(18,19)12(20,21)13(22,23)14(24,25)15(26,27)16(28,29)17(30,31)32/h3-6H,2,7-8H2,1H3. The van der Waals surface area contributed by atoms with Crippen LogP contribution in [0.3, 0.4) is 0 Å². The Morgan fingerprint density at radius 3 is 1.44 bits per heavy atom. The van der Waals surface area contributed by atoms with Crippen molar-refractivity contribution in [1.29, 1.82) is 0 Å². The Hall–Kier alpha value is -1.92. The average molecular weight is 582 g/mol. The second kappa shape index (κ2) is 9.43. The van der Waals surface area contributed by atoms with Gasteiger partial charge in [0.15, 0.2) is 0 Å². The molecule has 0 atom stereocenters. The number of benzene rings is 1. The van der Waals surface area contributed by atoms with Crippen LogP contribution in [0.4, 0.5) is 65.9 Å². The molecular weight excluding hydrogens is 569 g/mol. The van der Waals surface area contributed by atoms with Crippen LogP contribution in [0.5, 0.6) is 0 Å². The lowest BCUT2D eigenvalue weighted by atomic mass is 9.90. The summed E-state index contributed by atoms with van der Waals surface area (Å²) in [7, 11) is -4.72. The molecule has 1 aromatic rings. The molecule has 210 valence electrons. The molecule has 0 bridgehead atoms. The summed E-state index contributed by atoms with van der Waals surface area (Å²) in [4.78, 5) is -0.579. The van der Waals surface area contributed by atoms with Gasteiger partial charge in [-0.2, -0.15) is 74.3 Å². The first kappa shape index (κ1) is 32.1. The first-order valence-corrected chi connectivity index (χ1v) is 10.4. The van der Waals surface area contributed by atoms with Gasteiger partial charge in [-0.3, -0.25) is 4.18 Å². The third-order valence-corrected chi connectivity index (χ3v) is 5.90. The molecule has 0 aliphatic heterocycles. The molecular formula is C17H13F15O3S. The quantitative estimate of drug-likeness (QED) is 0.163. The highest BCUT2D eigenvalue weighted by Crippen LogP contribution is 2.62. The van der Waals surface area contributed by atoms with Gasteiger partial charge in [0.25, 0.3) is 10.1 Å². The van der Waals surface area contributed by atoms with Gasteiger partial charge in [-0.15, -0.1) is 0 Å². The molecule has 0 fully saturated rings. The number of aryl methyl sites for hydroxylation is 1. The van der Waals surface area contributed by atoms with E-state index in [-0.39, 0.29) is 0 Å². The lowest BCUT2D eigenvalue weighted by molar-refractivity contribution is -0.452. The lowest BCUT2D eigenvalue weighted by Crippen LogP contribution is -2.72. The molecule has 1 aromatic carbocycles. The number of halogens is 15. The van der Waals surface area contributed by atoms with Crippen molar-refractivity contribution < 1.29 is 78.5 Å². The van der Waals surface area contributed by atoms with Crippen LogP contribution in [0, 0.1) is 6.92 Å². The Bertz CT molecular complexity index is 1010. The van der Waals surface area contributed by atoms with E-state index < -0.39 is 76.2 Å². The highest BCUT2D eigenvalue weighted by Gasteiger charge is 2.93. The van der Waals surface area contributed by atoms with Crippen molar-refractivity contribution in [3.05, 3.63) is 29.8 Å². The predicted molar refractivity (Wildman–Crippen MR) is 89.3 cm³/mol. The summed E-state index contributed by atoms with van der Waals surface area (Å²) >= 11 is 0. The molecule has 0 aromatic heterocycles. The van der Waals surface area contributed by atoms with Gasteiger partial charge in [-0.05, 0) is 25.5 Å². The molecule has 0 amide bonds. The number of alkyl halides is 15. The summed E-state index contributed by atoms with van der Waals surface area (Å²) in [6.45, 7) is 0.0606. The molecule has 36 heavy (non-hydrogen) atoms. The summed E-state index contributed by atoms with van der Waals surface area (Å²) in [6, 6.07) is 4.39. The molecule has 19 heteroatoms. The fourth-order valence-electron chi connectivity index (χ4n) is 2.39. The predicted octanol–water partition coefficient (Wildman–Crippen LogP) is 6.85. The number of hydrogen-bond acceptors (Lipinski definition) is 3. The Morgan fingerprint density at radius 1 is 0.639 bits per heavy atom. The Labute approximate surface area is 192 Å². The molecule has 1 rings (SSSR count). The summed E-state index contributed by atoms with van der Waals surface area (Å²) in [5.74, 6) is -47.0. The Morgan fingerprint density at radius 2 is 1.03 bits per heavy atom.